The Labute approximate surface area is 54.7 Å². The topological polar surface area (TPSA) is 73.6 Å². The van der Waals surface area contributed by atoms with Gasteiger partial charge in [0, 0.05) is 12.5 Å². The van der Waals surface area contributed by atoms with Crippen LogP contribution in [0.1, 0.15) is 19.3 Å². The maximum Gasteiger partial charge on any atom is 0.0638 e. The number of nitrogens with zero attached hydrogens (tertiary/aromatic N) is 2. The van der Waals surface area contributed by atoms with Gasteiger partial charge in [0.15, 0.2) is 0 Å². The lowest BCUT2D eigenvalue weighted by molar-refractivity contribution is 0.637. The van der Waals surface area contributed by atoms with E-state index in [1.54, 1.807) is 0 Å². The van der Waals surface area contributed by atoms with Crippen molar-refractivity contribution in [3.8, 4) is 12.1 Å². The van der Waals surface area contributed by atoms with Gasteiger partial charge < -0.3 is 5.73 Å². The molecule has 3 heteroatoms. The van der Waals surface area contributed by atoms with Gasteiger partial charge in [-0.1, -0.05) is 0 Å². The summed E-state index contributed by atoms with van der Waals surface area (Å²) in [6, 6.07) is 3.79. The van der Waals surface area contributed by atoms with Crippen LogP contribution in [0.25, 0.3) is 0 Å². The SMILES string of the molecule is N#CCCC(N)CC#N. The molecule has 2 N–H and O–H groups in total. The van der Waals surface area contributed by atoms with Gasteiger partial charge in [-0.3, -0.25) is 0 Å². The van der Waals surface area contributed by atoms with E-state index in [4.69, 9.17) is 16.3 Å². The van der Waals surface area contributed by atoms with Crippen molar-refractivity contribution in [1.82, 2.24) is 0 Å². The van der Waals surface area contributed by atoms with Gasteiger partial charge >= 0.3 is 0 Å². The molecule has 9 heavy (non-hydrogen) atoms. The Morgan fingerprint density at radius 3 is 2.44 bits per heavy atom. The highest BCUT2D eigenvalue weighted by molar-refractivity contribution is 4.81. The van der Waals surface area contributed by atoms with E-state index in [1.165, 1.54) is 0 Å². The molecule has 0 aliphatic carbocycles. The van der Waals surface area contributed by atoms with E-state index in [0.717, 1.165) is 0 Å². The van der Waals surface area contributed by atoms with Crippen molar-refractivity contribution in [2.45, 2.75) is 25.3 Å². The Hall–Kier alpha value is -1.06. The molecular weight excluding hydrogens is 114 g/mol. The standard InChI is InChI=1S/C6H9N3/c7-4-1-2-6(9)3-5-8/h6H,1-3,9H2. The smallest absolute Gasteiger partial charge is 0.0638 e. The molecular formula is C6H9N3. The van der Waals surface area contributed by atoms with E-state index in [1.807, 2.05) is 12.1 Å². The molecule has 0 spiro atoms. The van der Waals surface area contributed by atoms with E-state index in [-0.39, 0.29) is 6.04 Å². The second-order valence-corrected chi connectivity index (χ2v) is 1.82. The van der Waals surface area contributed by atoms with Crippen LogP contribution < -0.4 is 5.73 Å². The van der Waals surface area contributed by atoms with Crippen molar-refractivity contribution in [2.75, 3.05) is 0 Å². The lowest BCUT2D eigenvalue weighted by Crippen LogP contribution is -2.18. The van der Waals surface area contributed by atoms with Crippen molar-refractivity contribution >= 4 is 0 Å². The molecule has 1 atom stereocenters. The highest BCUT2D eigenvalue weighted by Crippen LogP contribution is 1.95. The molecule has 48 valence electrons. The van der Waals surface area contributed by atoms with E-state index in [0.29, 0.717) is 19.3 Å². The average Bonchev–Trinajstić information content (AvgIpc) is 1.85. The number of nitriles is 2. The van der Waals surface area contributed by atoms with Crippen molar-refractivity contribution < 1.29 is 0 Å². The quantitative estimate of drug-likeness (QED) is 0.594. The van der Waals surface area contributed by atoms with E-state index in [9.17, 15) is 0 Å². The van der Waals surface area contributed by atoms with Crippen molar-refractivity contribution in [2.24, 2.45) is 5.73 Å². The fourth-order valence-electron chi connectivity index (χ4n) is 0.469. The van der Waals surface area contributed by atoms with Gasteiger partial charge in [0.05, 0.1) is 18.6 Å². The first-order valence-corrected chi connectivity index (χ1v) is 2.80. The summed E-state index contributed by atoms with van der Waals surface area (Å²) in [7, 11) is 0. The van der Waals surface area contributed by atoms with Gasteiger partial charge in [-0.05, 0) is 6.42 Å². The first-order valence-electron chi connectivity index (χ1n) is 2.80. The third kappa shape index (κ3) is 4.80. The molecule has 0 heterocycles. The Kier molecular flexibility index (Phi) is 4.49. The summed E-state index contributed by atoms with van der Waals surface area (Å²) in [5.74, 6) is 0. The summed E-state index contributed by atoms with van der Waals surface area (Å²) in [5.41, 5.74) is 5.40. The number of nitrogens with two attached hydrogens (primary N) is 1. The minimum Gasteiger partial charge on any atom is -0.327 e. The highest BCUT2D eigenvalue weighted by atomic mass is 14.6. The van der Waals surface area contributed by atoms with Crippen LogP contribution >= 0.6 is 0 Å². The van der Waals surface area contributed by atoms with Gasteiger partial charge in [0.25, 0.3) is 0 Å². The lowest BCUT2D eigenvalue weighted by atomic mass is 10.1. The maximum absolute atomic E-state index is 8.12. The first kappa shape index (κ1) is 7.94. The van der Waals surface area contributed by atoms with Gasteiger partial charge in [-0.2, -0.15) is 10.5 Å². The number of hydrogen-bond acceptors (Lipinski definition) is 3. The molecule has 0 saturated carbocycles. The molecule has 1 unspecified atom stereocenters. The monoisotopic (exact) mass is 123 g/mol. The van der Waals surface area contributed by atoms with Crippen molar-refractivity contribution in [1.29, 1.82) is 10.5 Å². The second-order valence-electron chi connectivity index (χ2n) is 1.82. The zero-order valence-corrected chi connectivity index (χ0v) is 5.17. The second kappa shape index (κ2) is 5.08. The number of hydrogen-bond donors (Lipinski definition) is 1. The molecule has 0 radical (unpaired) electrons. The van der Waals surface area contributed by atoms with Crippen LogP contribution in [0.15, 0.2) is 0 Å². The molecule has 0 aromatic heterocycles. The largest absolute Gasteiger partial charge is 0.327 e. The molecule has 0 rings (SSSR count). The zero-order valence-electron chi connectivity index (χ0n) is 5.17. The van der Waals surface area contributed by atoms with Gasteiger partial charge in [0.1, 0.15) is 0 Å². The molecule has 0 amide bonds. The Bertz CT molecular complexity index is 139. The molecule has 0 fully saturated rings. The van der Waals surface area contributed by atoms with Gasteiger partial charge in [0.2, 0.25) is 0 Å². The summed E-state index contributed by atoms with van der Waals surface area (Å²) in [6.07, 6.45) is 1.43. The van der Waals surface area contributed by atoms with E-state index >= 15 is 0 Å². The molecule has 3 nitrogen and oxygen atoms in total. The van der Waals surface area contributed by atoms with Crippen LogP contribution in [0.4, 0.5) is 0 Å². The summed E-state index contributed by atoms with van der Waals surface area (Å²) in [6.45, 7) is 0. The Morgan fingerprint density at radius 1 is 1.33 bits per heavy atom. The molecule has 0 aromatic rings. The molecule has 0 aromatic carbocycles. The van der Waals surface area contributed by atoms with Crippen LogP contribution in [0.2, 0.25) is 0 Å². The Morgan fingerprint density at radius 2 is 2.00 bits per heavy atom. The summed E-state index contributed by atoms with van der Waals surface area (Å²) in [5, 5.41) is 16.2. The van der Waals surface area contributed by atoms with Crippen LogP contribution in [0, 0.1) is 22.7 Å². The molecule has 0 bridgehead atoms. The third-order valence-electron chi connectivity index (χ3n) is 0.980. The van der Waals surface area contributed by atoms with E-state index < -0.39 is 0 Å². The minimum atomic E-state index is -0.116. The Balaban J connectivity index is 3.21. The van der Waals surface area contributed by atoms with Crippen molar-refractivity contribution in [3.05, 3.63) is 0 Å². The fraction of sp³-hybridized carbons (Fsp3) is 0.667. The van der Waals surface area contributed by atoms with Crippen molar-refractivity contribution in [3.63, 3.8) is 0 Å². The van der Waals surface area contributed by atoms with Gasteiger partial charge in [-0.15, -0.1) is 0 Å². The third-order valence-corrected chi connectivity index (χ3v) is 0.980. The van der Waals surface area contributed by atoms with E-state index in [2.05, 4.69) is 0 Å². The highest BCUT2D eigenvalue weighted by Gasteiger charge is 1.98. The predicted octanol–water partition coefficient (Wildman–Crippen LogP) is 0.531. The van der Waals surface area contributed by atoms with Crippen LogP contribution in [-0.4, -0.2) is 6.04 Å². The predicted molar refractivity (Wildman–Crippen MR) is 33.1 cm³/mol. The van der Waals surface area contributed by atoms with Crippen LogP contribution in [-0.2, 0) is 0 Å². The molecule has 0 saturated heterocycles. The summed E-state index contributed by atoms with van der Waals surface area (Å²) in [4.78, 5) is 0. The fourth-order valence-corrected chi connectivity index (χ4v) is 0.469. The normalized spacial score (nSPS) is 11.4. The zero-order chi connectivity index (χ0) is 7.11. The lowest BCUT2D eigenvalue weighted by Gasteiger charge is -2.00. The summed E-state index contributed by atoms with van der Waals surface area (Å²) >= 11 is 0. The van der Waals surface area contributed by atoms with Crippen LogP contribution in [0.3, 0.4) is 0 Å². The maximum atomic E-state index is 8.12. The first-order chi connectivity index (χ1) is 4.31. The number of rotatable bonds is 3. The average molecular weight is 123 g/mol. The minimum absolute atomic E-state index is 0.116. The molecule has 0 aliphatic heterocycles. The molecule has 0 aliphatic rings. The summed E-state index contributed by atoms with van der Waals surface area (Å²) < 4.78 is 0. The van der Waals surface area contributed by atoms with Crippen LogP contribution in [0.5, 0.6) is 0 Å². The van der Waals surface area contributed by atoms with Gasteiger partial charge in [-0.25, -0.2) is 0 Å².